The first kappa shape index (κ1) is 15.5. The lowest BCUT2D eigenvalue weighted by atomic mass is 9.91. The molecule has 2 aliphatic carbocycles. The third-order valence-corrected chi connectivity index (χ3v) is 6.75. The molecule has 0 unspecified atom stereocenters. The minimum Gasteiger partial charge on any atom is -0.360 e. The fourth-order valence-electron chi connectivity index (χ4n) is 4.02. The maximum Gasteiger partial charge on any atom is 0.191 e. The van der Waals surface area contributed by atoms with E-state index in [0.717, 1.165) is 16.9 Å². The molecule has 1 aromatic carbocycles. The quantitative estimate of drug-likeness (QED) is 0.622. The molecule has 0 aliphatic heterocycles. The smallest absolute Gasteiger partial charge is 0.191 e. The molecule has 2 aliphatic rings. The van der Waals surface area contributed by atoms with Gasteiger partial charge in [-0.25, -0.2) is 0 Å². The topological polar surface area (TPSA) is 46.5 Å². The Bertz CT molecular complexity index is 871. The van der Waals surface area contributed by atoms with E-state index < -0.39 is 0 Å². The van der Waals surface area contributed by atoms with Gasteiger partial charge >= 0.3 is 0 Å². The van der Waals surface area contributed by atoms with Gasteiger partial charge < -0.3 is 4.98 Å². The van der Waals surface area contributed by atoms with Gasteiger partial charge in [-0.15, -0.1) is 10.2 Å². The fourth-order valence-corrected chi connectivity index (χ4v) is 5.21. The molecule has 2 fully saturated rings. The zero-order valence-corrected chi connectivity index (χ0v) is 15.3. The van der Waals surface area contributed by atoms with Crippen LogP contribution in [0, 0.1) is 5.92 Å². The van der Waals surface area contributed by atoms with Crippen LogP contribution >= 0.6 is 11.8 Å². The van der Waals surface area contributed by atoms with Crippen LogP contribution in [0.15, 0.2) is 35.6 Å². The number of hydrogen-bond donors (Lipinski definition) is 1. The van der Waals surface area contributed by atoms with Crippen molar-refractivity contribution in [3.05, 3.63) is 30.5 Å². The van der Waals surface area contributed by atoms with E-state index in [1.807, 2.05) is 11.8 Å². The highest BCUT2D eigenvalue weighted by Crippen LogP contribution is 2.42. The number of aromatic nitrogens is 4. The van der Waals surface area contributed by atoms with Crippen LogP contribution < -0.4 is 0 Å². The van der Waals surface area contributed by atoms with Gasteiger partial charge in [-0.1, -0.05) is 49.2 Å². The highest BCUT2D eigenvalue weighted by molar-refractivity contribution is 7.99. The maximum atomic E-state index is 4.61. The second-order valence-electron chi connectivity index (χ2n) is 7.47. The Morgan fingerprint density at radius 3 is 2.72 bits per heavy atom. The van der Waals surface area contributed by atoms with Crippen LogP contribution in [-0.4, -0.2) is 25.5 Å². The third kappa shape index (κ3) is 2.99. The number of H-pyrrole nitrogens is 1. The number of hydrogen-bond acceptors (Lipinski definition) is 3. The van der Waals surface area contributed by atoms with Crippen LogP contribution in [0.5, 0.6) is 0 Å². The van der Waals surface area contributed by atoms with Crippen molar-refractivity contribution in [1.82, 2.24) is 19.7 Å². The summed E-state index contributed by atoms with van der Waals surface area (Å²) < 4.78 is 2.41. The number of nitrogens with zero attached hydrogens (tertiary/aromatic N) is 3. The molecule has 1 N–H and O–H groups in total. The Hall–Kier alpha value is -1.75. The molecule has 5 heteroatoms. The molecule has 0 radical (unpaired) electrons. The van der Waals surface area contributed by atoms with E-state index in [2.05, 4.69) is 50.2 Å². The van der Waals surface area contributed by atoms with Gasteiger partial charge in [0.05, 0.1) is 0 Å². The lowest BCUT2D eigenvalue weighted by Gasteiger charge is -2.20. The molecule has 2 heterocycles. The number of fused-ring (bicyclic) bond motifs is 1. The third-order valence-electron chi connectivity index (χ3n) is 5.58. The van der Waals surface area contributed by atoms with Crippen molar-refractivity contribution in [2.75, 3.05) is 5.75 Å². The lowest BCUT2D eigenvalue weighted by molar-refractivity contribution is 0.390. The second kappa shape index (κ2) is 6.52. The number of para-hydroxylation sites is 1. The summed E-state index contributed by atoms with van der Waals surface area (Å²) in [5.41, 5.74) is 2.35. The van der Waals surface area contributed by atoms with E-state index in [0.29, 0.717) is 6.04 Å². The predicted molar refractivity (Wildman–Crippen MR) is 103 cm³/mol. The molecular weight excluding hydrogens is 328 g/mol. The highest BCUT2D eigenvalue weighted by Gasteiger charge is 2.31. The Morgan fingerprint density at radius 1 is 1.04 bits per heavy atom. The summed E-state index contributed by atoms with van der Waals surface area (Å²) in [5, 5.41) is 11.5. The number of thioether (sulfide) groups is 1. The zero-order chi connectivity index (χ0) is 16.6. The standard InChI is InChI=1S/C20H24N4S/c1-2-6-14(7-3-1)13-25-20-23-22-19(24(20)15-10-11-15)17-12-21-18-9-5-4-8-16(17)18/h4-5,8-9,12,14-15,21H,1-3,6-7,10-11,13H2. The monoisotopic (exact) mass is 352 g/mol. The van der Waals surface area contributed by atoms with Gasteiger partial charge in [0.15, 0.2) is 11.0 Å². The van der Waals surface area contributed by atoms with E-state index in [-0.39, 0.29) is 0 Å². The van der Waals surface area contributed by atoms with Gasteiger partial charge in [-0.2, -0.15) is 0 Å². The molecular formula is C20H24N4S. The number of aromatic amines is 1. The minimum atomic E-state index is 0.590. The minimum absolute atomic E-state index is 0.590. The van der Waals surface area contributed by atoms with Gasteiger partial charge in [-0.05, 0) is 37.7 Å². The first-order valence-electron chi connectivity index (χ1n) is 9.54. The Morgan fingerprint density at radius 2 is 1.88 bits per heavy atom. The van der Waals surface area contributed by atoms with Crippen LogP contribution in [0.4, 0.5) is 0 Å². The zero-order valence-electron chi connectivity index (χ0n) is 14.4. The number of benzene rings is 1. The van der Waals surface area contributed by atoms with Crippen LogP contribution in [0.25, 0.3) is 22.3 Å². The molecule has 0 amide bonds. The van der Waals surface area contributed by atoms with Crippen molar-refractivity contribution in [2.45, 2.75) is 56.1 Å². The van der Waals surface area contributed by atoms with Crippen molar-refractivity contribution in [3.63, 3.8) is 0 Å². The van der Waals surface area contributed by atoms with Gasteiger partial charge in [-0.3, -0.25) is 4.57 Å². The van der Waals surface area contributed by atoms with E-state index >= 15 is 0 Å². The molecule has 0 bridgehead atoms. The lowest BCUT2D eigenvalue weighted by Crippen LogP contribution is -2.09. The normalized spacial score (nSPS) is 18.9. The summed E-state index contributed by atoms with van der Waals surface area (Å²) in [6, 6.07) is 9.04. The molecule has 2 aromatic heterocycles. The van der Waals surface area contributed by atoms with Crippen LogP contribution in [0.3, 0.4) is 0 Å². The molecule has 5 rings (SSSR count). The molecule has 2 saturated carbocycles. The molecule has 0 atom stereocenters. The summed E-state index contributed by atoms with van der Waals surface area (Å²) in [7, 11) is 0. The summed E-state index contributed by atoms with van der Waals surface area (Å²) in [4.78, 5) is 3.38. The van der Waals surface area contributed by atoms with E-state index in [1.54, 1.807) is 0 Å². The fraction of sp³-hybridized carbons (Fsp3) is 0.500. The average Bonchev–Trinajstić information content (AvgIpc) is 3.27. The summed E-state index contributed by atoms with van der Waals surface area (Å²) >= 11 is 1.92. The van der Waals surface area contributed by atoms with Crippen molar-refractivity contribution < 1.29 is 0 Å². The first-order chi connectivity index (χ1) is 12.4. The summed E-state index contributed by atoms with van der Waals surface area (Å²) in [5.74, 6) is 3.09. The predicted octanol–water partition coefficient (Wildman–Crippen LogP) is 5.43. The molecule has 0 spiro atoms. The van der Waals surface area contributed by atoms with Crippen molar-refractivity contribution in [3.8, 4) is 11.4 Å². The molecule has 4 nitrogen and oxygen atoms in total. The van der Waals surface area contributed by atoms with Crippen molar-refractivity contribution in [2.24, 2.45) is 5.92 Å². The van der Waals surface area contributed by atoms with Gasteiger partial charge in [0.25, 0.3) is 0 Å². The second-order valence-corrected chi connectivity index (χ2v) is 8.46. The summed E-state index contributed by atoms with van der Waals surface area (Å²) in [6.07, 6.45) is 11.6. The van der Waals surface area contributed by atoms with Gasteiger partial charge in [0, 0.05) is 34.5 Å². The Labute approximate surface area is 152 Å². The first-order valence-corrected chi connectivity index (χ1v) is 10.5. The van der Waals surface area contributed by atoms with Crippen molar-refractivity contribution >= 4 is 22.7 Å². The van der Waals surface area contributed by atoms with Gasteiger partial charge in [0.1, 0.15) is 0 Å². The molecule has 25 heavy (non-hydrogen) atoms. The molecule has 0 saturated heterocycles. The maximum absolute atomic E-state index is 4.61. The van der Waals surface area contributed by atoms with Gasteiger partial charge in [0.2, 0.25) is 0 Å². The average molecular weight is 353 g/mol. The van der Waals surface area contributed by atoms with Crippen molar-refractivity contribution in [1.29, 1.82) is 0 Å². The Kier molecular flexibility index (Phi) is 4.04. The molecule has 3 aromatic rings. The van der Waals surface area contributed by atoms with Crippen LogP contribution in [0.2, 0.25) is 0 Å². The van der Waals surface area contributed by atoms with E-state index in [1.165, 1.54) is 67.2 Å². The van der Waals surface area contributed by atoms with E-state index in [9.17, 15) is 0 Å². The SMILES string of the molecule is c1ccc2c(-c3nnc(SCC4CCCCC4)n3C3CC3)c[nH]c2c1. The van der Waals surface area contributed by atoms with E-state index in [4.69, 9.17) is 0 Å². The van der Waals surface area contributed by atoms with Crippen LogP contribution in [0.1, 0.15) is 51.0 Å². The number of rotatable bonds is 5. The highest BCUT2D eigenvalue weighted by atomic mass is 32.2. The largest absolute Gasteiger partial charge is 0.360 e. The number of nitrogens with one attached hydrogen (secondary N) is 1. The van der Waals surface area contributed by atoms with Crippen LogP contribution in [-0.2, 0) is 0 Å². The Balaban J connectivity index is 1.45. The summed E-state index contributed by atoms with van der Waals surface area (Å²) in [6.45, 7) is 0. The molecule has 130 valence electrons.